The van der Waals surface area contributed by atoms with Crippen molar-refractivity contribution in [2.24, 2.45) is 11.8 Å². The van der Waals surface area contributed by atoms with Crippen LogP contribution in [0.15, 0.2) is 30.3 Å². The van der Waals surface area contributed by atoms with Crippen LogP contribution in [-0.2, 0) is 4.79 Å². The number of likely N-dealkylation sites (tertiary alicyclic amines) is 2. The maximum absolute atomic E-state index is 12.8. The van der Waals surface area contributed by atoms with Gasteiger partial charge in [-0.1, -0.05) is 18.2 Å². The van der Waals surface area contributed by atoms with E-state index in [2.05, 4.69) is 0 Å². The minimum atomic E-state index is 0.0591. The average molecular weight is 358 g/mol. The lowest BCUT2D eigenvalue weighted by molar-refractivity contribution is -0.138. The number of hydrogen-bond donors (Lipinski definition) is 1. The molecule has 0 unspecified atom stereocenters. The molecule has 3 rings (SSSR count). The molecule has 1 N–H and O–H groups in total. The van der Waals surface area contributed by atoms with Gasteiger partial charge in [-0.2, -0.15) is 0 Å². The van der Waals surface area contributed by atoms with Gasteiger partial charge in [-0.15, -0.1) is 0 Å². The summed E-state index contributed by atoms with van der Waals surface area (Å²) in [6.45, 7) is 3.28. The van der Waals surface area contributed by atoms with Gasteiger partial charge in [0, 0.05) is 44.3 Å². The van der Waals surface area contributed by atoms with Crippen molar-refractivity contribution in [3.63, 3.8) is 0 Å². The number of aliphatic hydroxyl groups excluding tert-OH is 1. The minimum absolute atomic E-state index is 0.0591. The van der Waals surface area contributed by atoms with Crippen LogP contribution in [0.25, 0.3) is 0 Å². The number of aliphatic hydroxyl groups is 1. The monoisotopic (exact) mass is 358 g/mol. The van der Waals surface area contributed by atoms with E-state index in [9.17, 15) is 9.59 Å². The Hall–Kier alpha value is -1.88. The molecular formula is C21H30N2O3. The molecule has 5 heteroatoms. The van der Waals surface area contributed by atoms with E-state index >= 15 is 0 Å². The normalized spacial score (nSPS) is 19.6. The summed E-state index contributed by atoms with van der Waals surface area (Å²) in [7, 11) is 0. The van der Waals surface area contributed by atoms with Crippen molar-refractivity contribution < 1.29 is 14.7 Å². The van der Waals surface area contributed by atoms with Crippen molar-refractivity contribution in [2.75, 3.05) is 32.8 Å². The molecule has 0 bridgehead atoms. The highest BCUT2D eigenvalue weighted by molar-refractivity contribution is 5.94. The number of benzene rings is 1. The number of nitrogens with zero attached hydrogens (tertiary/aromatic N) is 2. The van der Waals surface area contributed by atoms with E-state index in [1.807, 2.05) is 40.1 Å². The molecule has 0 atom stereocenters. The van der Waals surface area contributed by atoms with Gasteiger partial charge in [0.1, 0.15) is 0 Å². The van der Waals surface area contributed by atoms with E-state index in [-0.39, 0.29) is 24.3 Å². The highest BCUT2D eigenvalue weighted by Gasteiger charge is 2.32. The van der Waals surface area contributed by atoms with Crippen molar-refractivity contribution in [2.45, 2.75) is 38.5 Å². The van der Waals surface area contributed by atoms with Gasteiger partial charge in [-0.05, 0) is 56.6 Å². The molecule has 26 heavy (non-hydrogen) atoms. The highest BCUT2D eigenvalue weighted by atomic mass is 16.3. The zero-order valence-corrected chi connectivity index (χ0v) is 15.5. The molecule has 1 aromatic rings. The Balaban J connectivity index is 1.45. The first-order valence-electron chi connectivity index (χ1n) is 9.93. The summed E-state index contributed by atoms with van der Waals surface area (Å²) in [5.74, 6) is 1.05. The fraction of sp³-hybridized carbons (Fsp3) is 0.619. The molecule has 0 aromatic heterocycles. The van der Waals surface area contributed by atoms with Crippen LogP contribution in [0.4, 0.5) is 0 Å². The van der Waals surface area contributed by atoms with Crippen LogP contribution >= 0.6 is 0 Å². The van der Waals surface area contributed by atoms with Crippen LogP contribution in [0.2, 0.25) is 0 Å². The zero-order valence-electron chi connectivity index (χ0n) is 15.5. The standard InChI is InChI=1S/C21H30N2O3/c24-16-4-5-17-8-12-22(13-9-17)21(26)19-10-14-23(15-11-19)20(25)18-6-2-1-3-7-18/h1-3,6-7,17,19,24H,4-5,8-16H2. The number of piperidine rings is 2. The number of carbonyl (C=O) groups is 2. The lowest BCUT2D eigenvalue weighted by Gasteiger charge is -2.37. The summed E-state index contributed by atoms with van der Waals surface area (Å²) >= 11 is 0. The minimum Gasteiger partial charge on any atom is -0.396 e. The molecule has 0 radical (unpaired) electrons. The molecule has 2 amide bonds. The predicted molar refractivity (Wildman–Crippen MR) is 101 cm³/mol. The van der Waals surface area contributed by atoms with E-state index in [1.54, 1.807) is 0 Å². The number of hydrogen-bond acceptors (Lipinski definition) is 3. The van der Waals surface area contributed by atoms with Crippen molar-refractivity contribution in [3.05, 3.63) is 35.9 Å². The van der Waals surface area contributed by atoms with Crippen LogP contribution in [0.1, 0.15) is 48.9 Å². The van der Waals surface area contributed by atoms with Crippen molar-refractivity contribution >= 4 is 11.8 Å². The van der Waals surface area contributed by atoms with Crippen molar-refractivity contribution in [3.8, 4) is 0 Å². The van der Waals surface area contributed by atoms with Gasteiger partial charge in [-0.25, -0.2) is 0 Å². The third kappa shape index (κ3) is 4.64. The van der Waals surface area contributed by atoms with Crippen molar-refractivity contribution in [1.82, 2.24) is 9.80 Å². The Morgan fingerprint density at radius 1 is 0.923 bits per heavy atom. The molecule has 5 nitrogen and oxygen atoms in total. The number of amides is 2. The van der Waals surface area contributed by atoms with Crippen LogP contribution in [0.5, 0.6) is 0 Å². The Bertz CT molecular complexity index is 589. The number of rotatable bonds is 5. The molecule has 0 aliphatic carbocycles. The first-order valence-corrected chi connectivity index (χ1v) is 9.93. The molecule has 2 heterocycles. The van der Waals surface area contributed by atoms with Gasteiger partial charge in [0.05, 0.1) is 0 Å². The summed E-state index contributed by atoms with van der Waals surface area (Å²) in [4.78, 5) is 29.2. The maximum Gasteiger partial charge on any atom is 0.253 e. The quantitative estimate of drug-likeness (QED) is 0.880. The van der Waals surface area contributed by atoms with E-state index < -0.39 is 0 Å². The van der Waals surface area contributed by atoms with E-state index in [0.29, 0.717) is 19.0 Å². The van der Waals surface area contributed by atoms with Gasteiger partial charge in [0.25, 0.3) is 5.91 Å². The third-order valence-corrected chi connectivity index (χ3v) is 5.85. The molecular weight excluding hydrogens is 328 g/mol. The summed E-state index contributed by atoms with van der Waals surface area (Å²) in [6.07, 6.45) is 5.57. The summed E-state index contributed by atoms with van der Waals surface area (Å²) in [5.41, 5.74) is 0.724. The fourth-order valence-corrected chi connectivity index (χ4v) is 4.17. The Morgan fingerprint density at radius 3 is 2.15 bits per heavy atom. The van der Waals surface area contributed by atoms with Crippen LogP contribution in [0.3, 0.4) is 0 Å². The molecule has 2 saturated heterocycles. The number of carbonyl (C=O) groups excluding carboxylic acids is 2. The first-order chi connectivity index (χ1) is 12.7. The Labute approximate surface area is 156 Å². The zero-order chi connectivity index (χ0) is 18.4. The molecule has 2 aliphatic heterocycles. The predicted octanol–water partition coefficient (Wildman–Crippen LogP) is 2.55. The molecule has 2 fully saturated rings. The molecule has 0 saturated carbocycles. The molecule has 1 aromatic carbocycles. The van der Waals surface area contributed by atoms with Gasteiger partial charge < -0.3 is 14.9 Å². The van der Waals surface area contributed by atoms with Gasteiger partial charge in [0.15, 0.2) is 0 Å². The largest absolute Gasteiger partial charge is 0.396 e. The second kappa shape index (κ2) is 9.17. The lowest BCUT2D eigenvalue weighted by atomic mass is 9.90. The SMILES string of the molecule is O=C(c1ccccc1)N1CCC(C(=O)N2CCC(CCCO)CC2)CC1. The summed E-state index contributed by atoms with van der Waals surface area (Å²) in [5, 5.41) is 8.95. The van der Waals surface area contributed by atoms with E-state index in [4.69, 9.17) is 5.11 Å². The van der Waals surface area contributed by atoms with Gasteiger partial charge >= 0.3 is 0 Å². The summed E-state index contributed by atoms with van der Waals surface area (Å²) in [6, 6.07) is 9.37. The lowest BCUT2D eigenvalue weighted by Crippen LogP contribution is -2.46. The molecule has 0 spiro atoms. The topological polar surface area (TPSA) is 60.9 Å². The highest BCUT2D eigenvalue weighted by Crippen LogP contribution is 2.26. The second-order valence-corrected chi connectivity index (χ2v) is 7.57. The Morgan fingerprint density at radius 2 is 1.54 bits per heavy atom. The molecule has 2 aliphatic rings. The maximum atomic E-state index is 12.8. The second-order valence-electron chi connectivity index (χ2n) is 7.57. The van der Waals surface area contributed by atoms with Crippen LogP contribution < -0.4 is 0 Å². The summed E-state index contributed by atoms with van der Waals surface area (Å²) < 4.78 is 0. The third-order valence-electron chi connectivity index (χ3n) is 5.85. The smallest absolute Gasteiger partial charge is 0.253 e. The van der Waals surface area contributed by atoms with Crippen LogP contribution in [-0.4, -0.2) is 59.5 Å². The Kier molecular flexibility index (Phi) is 6.67. The van der Waals surface area contributed by atoms with Crippen LogP contribution in [0, 0.1) is 11.8 Å². The molecule has 142 valence electrons. The van der Waals surface area contributed by atoms with E-state index in [0.717, 1.165) is 57.2 Å². The first kappa shape index (κ1) is 18.9. The average Bonchev–Trinajstić information content (AvgIpc) is 2.72. The van der Waals surface area contributed by atoms with Gasteiger partial charge in [-0.3, -0.25) is 9.59 Å². The van der Waals surface area contributed by atoms with Crippen molar-refractivity contribution in [1.29, 1.82) is 0 Å². The fourth-order valence-electron chi connectivity index (χ4n) is 4.17. The van der Waals surface area contributed by atoms with E-state index in [1.165, 1.54) is 0 Å². The van der Waals surface area contributed by atoms with Gasteiger partial charge in [0.2, 0.25) is 5.91 Å².